The van der Waals surface area contributed by atoms with Gasteiger partial charge < -0.3 is 25.5 Å². The molecule has 0 heterocycles. The molecule has 5 N–H and O–H groups in total. The Morgan fingerprint density at radius 1 is 1.28 bits per heavy atom. The first-order valence-corrected chi connectivity index (χ1v) is 8.66. The number of hydrogen-bond donors (Lipinski definition) is 5. The van der Waals surface area contributed by atoms with Gasteiger partial charge in [-0.1, -0.05) is 25.2 Å². The molecule has 5 heteroatoms. The van der Waals surface area contributed by atoms with E-state index in [1.807, 2.05) is 13.8 Å². The molecule has 1 aromatic carbocycles. The number of aromatic hydroxyl groups is 2. The van der Waals surface area contributed by atoms with Gasteiger partial charge in [0.2, 0.25) is 0 Å². The maximum Gasteiger partial charge on any atom is 0.123 e. The lowest BCUT2D eigenvalue weighted by atomic mass is 9.72. The Bertz CT molecular complexity index is 641. The zero-order chi connectivity index (χ0) is 18.7. The molecule has 0 radical (unpaired) electrons. The van der Waals surface area contributed by atoms with Gasteiger partial charge >= 0.3 is 0 Å². The van der Waals surface area contributed by atoms with Gasteiger partial charge in [0.05, 0.1) is 18.8 Å². The summed E-state index contributed by atoms with van der Waals surface area (Å²) in [5.41, 5.74) is 2.33. The second-order valence-corrected chi connectivity index (χ2v) is 6.94. The van der Waals surface area contributed by atoms with Crippen molar-refractivity contribution >= 4 is 0 Å². The van der Waals surface area contributed by atoms with Gasteiger partial charge in [0.15, 0.2) is 0 Å². The summed E-state index contributed by atoms with van der Waals surface area (Å²) in [7, 11) is 0. The second kappa shape index (κ2) is 8.04. The molecule has 0 aliphatic heterocycles. The monoisotopic (exact) mass is 348 g/mol. The molecule has 0 amide bonds. The molecule has 0 saturated heterocycles. The minimum atomic E-state index is -0.758. The van der Waals surface area contributed by atoms with Gasteiger partial charge in [-0.15, -0.1) is 0 Å². The predicted molar refractivity (Wildman–Crippen MR) is 96.6 cm³/mol. The van der Waals surface area contributed by atoms with Crippen molar-refractivity contribution in [2.24, 2.45) is 5.92 Å². The average Bonchev–Trinajstić information content (AvgIpc) is 2.54. The summed E-state index contributed by atoms with van der Waals surface area (Å²) in [6.07, 6.45) is 1.74. The van der Waals surface area contributed by atoms with E-state index >= 15 is 0 Å². The maximum absolute atomic E-state index is 10.5. The molecule has 0 saturated carbocycles. The Morgan fingerprint density at radius 2 is 1.88 bits per heavy atom. The van der Waals surface area contributed by atoms with Crippen LogP contribution in [0.1, 0.15) is 43.7 Å². The predicted octanol–water partition coefficient (Wildman–Crippen LogP) is 2.37. The third-order valence-corrected chi connectivity index (χ3v) is 5.02. The van der Waals surface area contributed by atoms with Crippen LogP contribution in [0.15, 0.2) is 35.9 Å². The van der Waals surface area contributed by atoms with Gasteiger partial charge in [-0.3, -0.25) is 0 Å². The van der Waals surface area contributed by atoms with Crippen LogP contribution in [-0.2, 0) is 6.42 Å². The summed E-state index contributed by atoms with van der Waals surface area (Å²) in [4.78, 5) is 0. The molecular formula is C20H28O5. The molecule has 0 spiro atoms. The fraction of sp³-hybridized carbons (Fsp3) is 0.500. The van der Waals surface area contributed by atoms with E-state index < -0.39 is 12.2 Å². The molecule has 2 rings (SSSR count). The van der Waals surface area contributed by atoms with E-state index in [1.54, 1.807) is 18.2 Å². The van der Waals surface area contributed by atoms with Gasteiger partial charge in [0.25, 0.3) is 0 Å². The van der Waals surface area contributed by atoms with Crippen molar-refractivity contribution < 1.29 is 25.5 Å². The molecule has 3 unspecified atom stereocenters. The SMILES string of the molecule is C=C(C)[C@@H]1CC(O)C(CO)=CC1c1c(O)cc(CC(O)CC)cc1O. The maximum atomic E-state index is 10.5. The van der Waals surface area contributed by atoms with E-state index in [0.717, 1.165) is 5.57 Å². The van der Waals surface area contributed by atoms with Crippen molar-refractivity contribution in [1.29, 1.82) is 0 Å². The van der Waals surface area contributed by atoms with Crippen LogP contribution < -0.4 is 0 Å². The van der Waals surface area contributed by atoms with Crippen molar-refractivity contribution in [3.63, 3.8) is 0 Å². The highest BCUT2D eigenvalue weighted by Crippen LogP contribution is 2.46. The van der Waals surface area contributed by atoms with E-state index in [-0.39, 0.29) is 29.9 Å². The van der Waals surface area contributed by atoms with Crippen LogP contribution in [0.4, 0.5) is 0 Å². The number of hydrogen-bond acceptors (Lipinski definition) is 5. The number of phenols is 2. The number of benzene rings is 1. The van der Waals surface area contributed by atoms with Crippen molar-refractivity contribution in [2.75, 3.05) is 6.61 Å². The lowest BCUT2D eigenvalue weighted by Gasteiger charge is -2.34. The van der Waals surface area contributed by atoms with Crippen LogP contribution in [0.2, 0.25) is 0 Å². The van der Waals surface area contributed by atoms with Crippen molar-refractivity contribution in [1.82, 2.24) is 0 Å². The van der Waals surface area contributed by atoms with Crippen LogP contribution in [0.3, 0.4) is 0 Å². The fourth-order valence-electron chi connectivity index (χ4n) is 3.50. The normalized spacial score (nSPS) is 24.7. The zero-order valence-corrected chi connectivity index (χ0v) is 14.8. The van der Waals surface area contributed by atoms with Gasteiger partial charge in [-0.05, 0) is 55.4 Å². The highest BCUT2D eigenvalue weighted by Gasteiger charge is 2.34. The van der Waals surface area contributed by atoms with Crippen LogP contribution >= 0.6 is 0 Å². The lowest BCUT2D eigenvalue weighted by molar-refractivity contribution is 0.149. The van der Waals surface area contributed by atoms with Crippen LogP contribution in [0.25, 0.3) is 0 Å². The topological polar surface area (TPSA) is 101 Å². The molecule has 1 aliphatic carbocycles. The summed E-state index contributed by atoms with van der Waals surface area (Å²) < 4.78 is 0. The highest BCUT2D eigenvalue weighted by molar-refractivity contribution is 5.52. The van der Waals surface area contributed by atoms with Crippen LogP contribution in [0.5, 0.6) is 11.5 Å². The number of rotatable bonds is 6. The summed E-state index contributed by atoms with van der Waals surface area (Å²) in [5.74, 6) is -0.652. The minimum absolute atomic E-state index is 0.0560. The first kappa shape index (κ1) is 19.5. The van der Waals surface area contributed by atoms with Gasteiger partial charge in [-0.25, -0.2) is 0 Å². The van der Waals surface area contributed by atoms with E-state index in [4.69, 9.17) is 0 Å². The van der Waals surface area contributed by atoms with E-state index in [2.05, 4.69) is 6.58 Å². The molecule has 1 aromatic rings. The summed E-state index contributed by atoms with van der Waals surface area (Å²) in [6, 6.07) is 3.11. The third kappa shape index (κ3) is 4.24. The zero-order valence-electron chi connectivity index (χ0n) is 14.8. The highest BCUT2D eigenvalue weighted by atomic mass is 16.3. The van der Waals surface area contributed by atoms with Crippen LogP contribution in [0, 0.1) is 5.92 Å². The number of phenolic OH excluding ortho intramolecular Hbond substituents is 2. The Balaban J connectivity index is 2.47. The molecule has 0 aromatic heterocycles. The standard InChI is InChI=1S/C20H28O5/c1-4-14(22)5-12-6-18(24)20(19(25)7-12)16-8-13(10-21)17(23)9-15(16)11(2)3/h6-8,14-17,21-25H,2,4-5,9-10H2,1,3H3/t14?,15-,16?,17?/m0/s1. The number of aliphatic hydroxyl groups is 3. The Kier molecular flexibility index (Phi) is 6.27. The Hall–Kier alpha value is -1.82. The van der Waals surface area contributed by atoms with Crippen molar-refractivity contribution in [3.05, 3.63) is 47.1 Å². The summed E-state index contributed by atoms with van der Waals surface area (Å²) >= 11 is 0. The Labute approximate surface area is 148 Å². The van der Waals surface area contributed by atoms with Crippen LogP contribution in [-0.4, -0.2) is 44.3 Å². The molecule has 25 heavy (non-hydrogen) atoms. The second-order valence-electron chi connectivity index (χ2n) is 6.94. The summed E-state index contributed by atoms with van der Waals surface area (Å²) in [5, 5.41) is 50.4. The Morgan fingerprint density at radius 3 is 2.36 bits per heavy atom. The molecule has 4 atom stereocenters. The largest absolute Gasteiger partial charge is 0.507 e. The van der Waals surface area contributed by atoms with E-state index in [0.29, 0.717) is 36.0 Å². The van der Waals surface area contributed by atoms with Gasteiger partial charge in [-0.2, -0.15) is 0 Å². The quantitative estimate of drug-likeness (QED) is 0.508. The number of allylic oxidation sites excluding steroid dienone is 2. The smallest absolute Gasteiger partial charge is 0.123 e. The number of aliphatic hydroxyl groups excluding tert-OH is 3. The molecular weight excluding hydrogens is 320 g/mol. The van der Waals surface area contributed by atoms with Gasteiger partial charge in [0, 0.05) is 11.5 Å². The van der Waals surface area contributed by atoms with E-state index in [1.165, 1.54) is 0 Å². The molecule has 1 aliphatic rings. The first-order valence-electron chi connectivity index (χ1n) is 8.66. The van der Waals surface area contributed by atoms with Gasteiger partial charge in [0.1, 0.15) is 11.5 Å². The summed E-state index contributed by atoms with van der Waals surface area (Å²) in [6.45, 7) is 7.41. The van der Waals surface area contributed by atoms with Crippen molar-refractivity contribution in [3.8, 4) is 11.5 Å². The lowest BCUT2D eigenvalue weighted by Crippen LogP contribution is -2.28. The molecule has 5 nitrogen and oxygen atoms in total. The molecule has 0 bridgehead atoms. The molecule has 0 fully saturated rings. The average molecular weight is 348 g/mol. The van der Waals surface area contributed by atoms with E-state index in [9.17, 15) is 25.5 Å². The third-order valence-electron chi connectivity index (χ3n) is 5.02. The minimum Gasteiger partial charge on any atom is -0.507 e. The molecule has 138 valence electrons. The van der Waals surface area contributed by atoms with Crippen molar-refractivity contribution in [2.45, 2.75) is 51.2 Å². The fourth-order valence-corrected chi connectivity index (χ4v) is 3.50. The first-order chi connectivity index (χ1) is 11.8.